The number of para-hydroxylation sites is 1. The highest BCUT2D eigenvalue weighted by Crippen LogP contribution is 2.16. The summed E-state index contributed by atoms with van der Waals surface area (Å²) in [6, 6.07) is 16.7. The minimum Gasteiger partial charge on any atom is -0.497 e. The van der Waals surface area contributed by atoms with Crippen LogP contribution in [0.1, 0.15) is 12.5 Å². The van der Waals surface area contributed by atoms with Crippen LogP contribution in [0, 0.1) is 0 Å². The third-order valence-electron chi connectivity index (χ3n) is 4.25. The quantitative estimate of drug-likeness (QED) is 0.660. The number of rotatable bonds is 9. The number of ether oxygens (including phenoxy) is 1. The number of carbonyl (C=O) groups is 1. The molecule has 0 spiro atoms. The second kappa shape index (κ2) is 9.53. The molecule has 0 heterocycles. The van der Waals surface area contributed by atoms with Gasteiger partial charge in [0, 0.05) is 18.8 Å². The van der Waals surface area contributed by atoms with Gasteiger partial charge in [-0.3, -0.25) is 4.79 Å². The van der Waals surface area contributed by atoms with Gasteiger partial charge >= 0.3 is 0 Å². The zero-order valence-electron chi connectivity index (χ0n) is 16.0. The van der Waals surface area contributed by atoms with Crippen molar-refractivity contribution in [2.24, 2.45) is 0 Å². The second-order valence-corrected chi connectivity index (χ2v) is 8.15. The van der Waals surface area contributed by atoms with Crippen LogP contribution in [0.3, 0.4) is 0 Å². The first-order chi connectivity index (χ1) is 12.8. The standard InChI is InChI=1S/C20H26N2O4S/c1-4-22(18-10-6-5-7-11-18)20(23)16-21(27(3,24)25)14-13-17-9-8-12-19(15-17)26-2/h5-12,15H,4,13-14,16H2,1-3H3. The Kier molecular flexibility index (Phi) is 7.38. The van der Waals surface area contributed by atoms with Crippen molar-refractivity contribution in [3.63, 3.8) is 0 Å². The van der Waals surface area contributed by atoms with E-state index in [0.717, 1.165) is 23.3 Å². The number of amides is 1. The highest BCUT2D eigenvalue weighted by atomic mass is 32.2. The molecule has 2 aromatic carbocycles. The smallest absolute Gasteiger partial charge is 0.242 e. The Hall–Kier alpha value is -2.38. The molecule has 0 aliphatic heterocycles. The van der Waals surface area contributed by atoms with Crippen LogP contribution in [0.25, 0.3) is 0 Å². The molecule has 0 aliphatic carbocycles. The highest BCUT2D eigenvalue weighted by molar-refractivity contribution is 7.88. The van der Waals surface area contributed by atoms with Gasteiger partial charge in [-0.25, -0.2) is 8.42 Å². The first-order valence-corrected chi connectivity index (χ1v) is 10.6. The van der Waals surface area contributed by atoms with Crippen LogP contribution in [0.15, 0.2) is 54.6 Å². The number of hydrogen-bond donors (Lipinski definition) is 0. The Bertz CT molecular complexity index is 853. The third-order valence-corrected chi connectivity index (χ3v) is 5.50. The first kappa shape index (κ1) is 20.9. The lowest BCUT2D eigenvalue weighted by atomic mass is 10.1. The summed E-state index contributed by atoms with van der Waals surface area (Å²) in [5.41, 5.74) is 1.71. The largest absolute Gasteiger partial charge is 0.497 e. The van der Waals surface area contributed by atoms with Gasteiger partial charge in [-0.05, 0) is 43.2 Å². The monoisotopic (exact) mass is 390 g/mol. The van der Waals surface area contributed by atoms with E-state index in [9.17, 15) is 13.2 Å². The number of methoxy groups -OCH3 is 1. The first-order valence-electron chi connectivity index (χ1n) is 8.78. The van der Waals surface area contributed by atoms with Gasteiger partial charge in [-0.1, -0.05) is 30.3 Å². The van der Waals surface area contributed by atoms with E-state index in [0.29, 0.717) is 13.0 Å². The average Bonchev–Trinajstić information content (AvgIpc) is 2.65. The van der Waals surface area contributed by atoms with E-state index < -0.39 is 10.0 Å². The molecule has 0 atom stereocenters. The number of carbonyl (C=O) groups excluding carboxylic acids is 1. The van der Waals surface area contributed by atoms with E-state index in [1.165, 1.54) is 4.31 Å². The van der Waals surface area contributed by atoms with Crippen LogP contribution in [0.2, 0.25) is 0 Å². The van der Waals surface area contributed by atoms with E-state index >= 15 is 0 Å². The molecule has 27 heavy (non-hydrogen) atoms. The number of likely N-dealkylation sites (N-methyl/N-ethyl adjacent to an activating group) is 1. The molecule has 0 fully saturated rings. The average molecular weight is 391 g/mol. The van der Waals surface area contributed by atoms with Gasteiger partial charge in [0.15, 0.2) is 0 Å². The topological polar surface area (TPSA) is 66.9 Å². The molecule has 0 saturated heterocycles. The van der Waals surface area contributed by atoms with Gasteiger partial charge in [0.25, 0.3) is 0 Å². The molecule has 6 nitrogen and oxygen atoms in total. The number of hydrogen-bond acceptors (Lipinski definition) is 4. The molecule has 1 amide bonds. The van der Waals surface area contributed by atoms with Gasteiger partial charge in [-0.2, -0.15) is 4.31 Å². The lowest BCUT2D eigenvalue weighted by molar-refractivity contribution is -0.118. The van der Waals surface area contributed by atoms with Crippen molar-refractivity contribution in [3.05, 3.63) is 60.2 Å². The predicted octanol–water partition coefficient (Wildman–Crippen LogP) is 2.55. The van der Waals surface area contributed by atoms with E-state index in [1.54, 1.807) is 12.0 Å². The molecule has 2 aromatic rings. The normalized spacial score (nSPS) is 11.4. The minimum absolute atomic E-state index is 0.189. The number of benzene rings is 2. The van der Waals surface area contributed by atoms with Crippen molar-refractivity contribution in [1.29, 1.82) is 0 Å². The lowest BCUT2D eigenvalue weighted by Gasteiger charge is -2.25. The molecule has 146 valence electrons. The Morgan fingerprint density at radius 3 is 2.37 bits per heavy atom. The van der Waals surface area contributed by atoms with Crippen LogP contribution in [0.5, 0.6) is 5.75 Å². The molecular weight excluding hydrogens is 364 g/mol. The van der Waals surface area contributed by atoms with E-state index in [1.807, 2.05) is 61.5 Å². The van der Waals surface area contributed by atoms with Crippen molar-refractivity contribution in [3.8, 4) is 5.75 Å². The second-order valence-electron chi connectivity index (χ2n) is 6.17. The van der Waals surface area contributed by atoms with Crippen LogP contribution < -0.4 is 9.64 Å². The Morgan fingerprint density at radius 2 is 1.78 bits per heavy atom. The fraction of sp³-hybridized carbons (Fsp3) is 0.350. The van der Waals surface area contributed by atoms with Gasteiger partial charge in [0.05, 0.1) is 19.9 Å². The Labute approximate surface area is 161 Å². The summed E-state index contributed by atoms with van der Waals surface area (Å²) in [6.07, 6.45) is 1.62. The lowest BCUT2D eigenvalue weighted by Crippen LogP contribution is -2.43. The summed E-state index contributed by atoms with van der Waals surface area (Å²) in [4.78, 5) is 14.3. The Balaban J connectivity index is 2.10. The Morgan fingerprint density at radius 1 is 1.07 bits per heavy atom. The third kappa shape index (κ3) is 6.08. The van der Waals surface area contributed by atoms with Gasteiger partial charge in [0.1, 0.15) is 5.75 Å². The van der Waals surface area contributed by atoms with Crippen molar-refractivity contribution < 1.29 is 17.9 Å². The number of anilines is 1. The van der Waals surface area contributed by atoms with Crippen molar-refractivity contribution in [2.45, 2.75) is 13.3 Å². The summed E-state index contributed by atoms with van der Waals surface area (Å²) in [7, 11) is -1.93. The summed E-state index contributed by atoms with van der Waals surface area (Å²) >= 11 is 0. The number of nitrogens with zero attached hydrogens (tertiary/aromatic N) is 2. The molecule has 0 unspecified atom stereocenters. The summed E-state index contributed by atoms with van der Waals surface area (Å²) in [5.74, 6) is 0.468. The summed E-state index contributed by atoms with van der Waals surface area (Å²) in [6.45, 7) is 2.37. The molecule has 0 N–H and O–H groups in total. The molecule has 0 saturated carbocycles. The highest BCUT2D eigenvalue weighted by Gasteiger charge is 2.23. The molecule has 7 heteroatoms. The molecule has 0 aromatic heterocycles. The van der Waals surface area contributed by atoms with Crippen LogP contribution >= 0.6 is 0 Å². The molecule has 2 rings (SSSR count). The van der Waals surface area contributed by atoms with E-state index in [4.69, 9.17) is 4.74 Å². The van der Waals surface area contributed by atoms with Crippen LogP contribution in [-0.4, -0.2) is 51.6 Å². The minimum atomic E-state index is -3.52. The fourth-order valence-corrected chi connectivity index (χ4v) is 3.56. The number of sulfonamides is 1. The van der Waals surface area contributed by atoms with Gasteiger partial charge < -0.3 is 9.64 Å². The molecule has 0 bridgehead atoms. The van der Waals surface area contributed by atoms with Crippen molar-refractivity contribution in [2.75, 3.05) is 37.9 Å². The SMILES string of the molecule is CCN(C(=O)CN(CCc1cccc(OC)c1)S(C)(=O)=O)c1ccccc1. The van der Waals surface area contributed by atoms with Crippen LogP contribution in [-0.2, 0) is 21.2 Å². The van der Waals surface area contributed by atoms with Gasteiger partial charge in [0.2, 0.25) is 15.9 Å². The maximum atomic E-state index is 12.7. The molecular formula is C20H26N2O4S. The van der Waals surface area contributed by atoms with Crippen molar-refractivity contribution in [1.82, 2.24) is 4.31 Å². The maximum absolute atomic E-state index is 12.7. The molecule has 0 aliphatic rings. The zero-order chi connectivity index (χ0) is 19.9. The van der Waals surface area contributed by atoms with E-state index in [2.05, 4.69) is 0 Å². The van der Waals surface area contributed by atoms with Crippen LogP contribution in [0.4, 0.5) is 5.69 Å². The van der Waals surface area contributed by atoms with E-state index in [-0.39, 0.29) is 19.0 Å². The maximum Gasteiger partial charge on any atom is 0.242 e. The predicted molar refractivity (Wildman–Crippen MR) is 108 cm³/mol. The van der Waals surface area contributed by atoms with Crippen molar-refractivity contribution >= 4 is 21.6 Å². The molecule has 0 radical (unpaired) electrons. The fourth-order valence-electron chi connectivity index (χ4n) is 2.79. The van der Waals surface area contributed by atoms with Gasteiger partial charge in [-0.15, -0.1) is 0 Å². The summed E-state index contributed by atoms with van der Waals surface area (Å²) in [5, 5.41) is 0. The zero-order valence-corrected chi connectivity index (χ0v) is 16.8. The summed E-state index contributed by atoms with van der Waals surface area (Å²) < 4.78 is 30.8.